The number of urea groups is 1. The molecule has 1 saturated heterocycles. The van der Waals surface area contributed by atoms with Crippen molar-refractivity contribution in [3.05, 3.63) is 29.3 Å². The summed E-state index contributed by atoms with van der Waals surface area (Å²) >= 11 is 0. The summed E-state index contributed by atoms with van der Waals surface area (Å²) in [6.07, 6.45) is 1.74. The molecule has 0 unspecified atom stereocenters. The zero-order valence-electron chi connectivity index (χ0n) is 15.8. The lowest BCUT2D eigenvalue weighted by molar-refractivity contribution is -0.130. The Labute approximate surface area is 154 Å². The third-order valence-corrected chi connectivity index (χ3v) is 5.22. The normalized spacial score (nSPS) is 17.7. The lowest BCUT2D eigenvalue weighted by atomic mass is 10.1. The van der Waals surface area contributed by atoms with E-state index in [0.29, 0.717) is 19.6 Å². The van der Waals surface area contributed by atoms with Crippen LogP contribution < -0.4 is 10.1 Å². The highest BCUT2D eigenvalue weighted by Gasteiger charge is 2.28. The highest BCUT2D eigenvalue weighted by atomic mass is 16.5. The first-order chi connectivity index (χ1) is 12.5. The van der Waals surface area contributed by atoms with Crippen LogP contribution in [0.2, 0.25) is 0 Å². The van der Waals surface area contributed by atoms with E-state index in [2.05, 4.69) is 10.2 Å². The van der Waals surface area contributed by atoms with E-state index in [1.807, 2.05) is 23.1 Å². The Morgan fingerprint density at radius 3 is 2.62 bits per heavy atom. The van der Waals surface area contributed by atoms with Crippen molar-refractivity contribution in [3.8, 4) is 5.75 Å². The van der Waals surface area contributed by atoms with Crippen LogP contribution in [0.1, 0.15) is 24.0 Å². The quantitative estimate of drug-likeness (QED) is 0.878. The van der Waals surface area contributed by atoms with Crippen LogP contribution >= 0.6 is 0 Å². The number of rotatable bonds is 4. The molecule has 1 aromatic rings. The molecule has 7 heteroatoms. The van der Waals surface area contributed by atoms with E-state index in [9.17, 15) is 9.59 Å². The molecular weight excluding hydrogens is 332 g/mol. The van der Waals surface area contributed by atoms with Crippen molar-refractivity contribution in [2.45, 2.75) is 32.0 Å². The van der Waals surface area contributed by atoms with Gasteiger partial charge >= 0.3 is 6.03 Å². The van der Waals surface area contributed by atoms with E-state index in [-0.39, 0.29) is 18.0 Å². The highest BCUT2D eigenvalue weighted by Crippen LogP contribution is 2.30. The van der Waals surface area contributed by atoms with Gasteiger partial charge in [0.25, 0.3) is 0 Å². The fraction of sp³-hybridized carbons (Fsp3) is 0.579. The van der Waals surface area contributed by atoms with Gasteiger partial charge in [0.1, 0.15) is 5.75 Å². The number of benzene rings is 1. The Balaban J connectivity index is 1.48. The molecule has 0 bridgehead atoms. The van der Waals surface area contributed by atoms with Crippen molar-refractivity contribution in [3.63, 3.8) is 0 Å². The molecule has 2 heterocycles. The van der Waals surface area contributed by atoms with Crippen LogP contribution in [0, 0.1) is 0 Å². The molecule has 3 rings (SSSR count). The van der Waals surface area contributed by atoms with Crippen molar-refractivity contribution >= 4 is 11.9 Å². The second kappa shape index (κ2) is 7.95. The number of amides is 3. The molecule has 0 saturated carbocycles. The topological polar surface area (TPSA) is 65.1 Å². The van der Waals surface area contributed by atoms with Crippen LogP contribution in [0.15, 0.2) is 18.2 Å². The van der Waals surface area contributed by atoms with Gasteiger partial charge in [0, 0.05) is 45.3 Å². The van der Waals surface area contributed by atoms with Crippen LogP contribution in [0.4, 0.5) is 4.79 Å². The number of fused-ring (bicyclic) bond motifs is 1. The first-order valence-corrected chi connectivity index (χ1v) is 9.10. The van der Waals surface area contributed by atoms with Gasteiger partial charge in [0.15, 0.2) is 0 Å². The monoisotopic (exact) mass is 360 g/mol. The van der Waals surface area contributed by atoms with Crippen LogP contribution in [-0.4, -0.2) is 73.5 Å². The number of methoxy groups -OCH3 is 1. The van der Waals surface area contributed by atoms with Crippen molar-refractivity contribution in [2.24, 2.45) is 0 Å². The Kier molecular flexibility index (Phi) is 5.66. The zero-order valence-corrected chi connectivity index (χ0v) is 15.8. The number of nitrogens with zero attached hydrogens (tertiary/aromatic N) is 3. The first kappa shape index (κ1) is 18.5. The number of hydrogen-bond acceptors (Lipinski definition) is 4. The molecule has 1 N–H and O–H groups in total. The van der Waals surface area contributed by atoms with Crippen molar-refractivity contribution in [1.82, 2.24) is 20.0 Å². The number of nitrogens with one attached hydrogen (secondary N) is 1. The summed E-state index contributed by atoms with van der Waals surface area (Å²) in [5.74, 6) is 0.966. The molecule has 3 amide bonds. The largest absolute Gasteiger partial charge is 0.496 e. The minimum absolute atomic E-state index is 0.0222. The molecule has 0 aromatic heterocycles. The van der Waals surface area contributed by atoms with Gasteiger partial charge < -0.3 is 19.9 Å². The van der Waals surface area contributed by atoms with Gasteiger partial charge in [-0.25, -0.2) is 4.79 Å². The number of likely N-dealkylation sites (N-methyl/N-ethyl adjacent to an activating group) is 1. The Hall–Kier alpha value is -2.28. The van der Waals surface area contributed by atoms with Gasteiger partial charge in [-0.1, -0.05) is 12.1 Å². The highest BCUT2D eigenvalue weighted by molar-refractivity contribution is 5.77. The Morgan fingerprint density at radius 1 is 1.23 bits per heavy atom. The Morgan fingerprint density at radius 2 is 1.96 bits per heavy atom. The third kappa shape index (κ3) is 4.09. The number of ether oxygens (including phenoxy) is 1. The van der Waals surface area contributed by atoms with Gasteiger partial charge in [-0.3, -0.25) is 9.69 Å². The van der Waals surface area contributed by atoms with Gasteiger partial charge in [0.05, 0.1) is 20.2 Å². The van der Waals surface area contributed by atoms with Gasteiger partial charge in [-0.05, 0) is 24.5 Å². The third-order valence-electron chi connectivity index (χ3n) is 5.22. The lowest BCUT2D eigenvalue weighted by Gasteiger charge is -2.33. The van der Waals surface area contributed by atoms with E-state index in [1.165, 1.54) is 0 Å². The molecule has 0 aliphatic carbocycles. The fourth-order valence-electron chi connectivity index (χ4n) is 3.56. The van der Waals surface area contributed by atoms with E-state index in [0.717, 1.165) is 42.8 Å². The van der Waals surface area contributed by atoms with E-state index in [4.69, 9.17) is 4.74 Å². The average molecular weight is 360 g/mol. The molecule has 26 heavy (non-hydrogen) atoms. The number of hydrogen-bond donors (Lipinski definition) is 1. The molecule has 0 spiro atoms. The summed E-state index contributed by atoms with van der Waals surface area (Å²) in [4.78, 5) is 30.0. The maximum Gasteiger partial charge on any atom is 0.318 e. The molecule has 7 nitrogen and oxygen atoms in total. The molecule has 142 valence electrons. The summed E-state index contributed by atoms with van der Waals surface area (Å²) in [6, 6.07) is 6.09. The summed E-state index contributed by atoms with van der Waals surface area (Å²) in [7, 11) is 5.21. The van der Waals surface area contributed by atoms with Crippen molar-refractivity contribution < 1.29 is 14.3 Å². The SMILES string of the molecule is COc1cccc2c1CN(C(=O)NC1CCN(CC(=O)N(C)C)CC1)C2. The molecule has 2 aliphatic rings. The standard InChI is InChI=1S/C19H28N4O3/c1-21(2)18(24)13-22-9-7-15(8-10-22)20-19(25)23-11-14-5-4-6-17(26-3)16(14)12-23/h4-6,15H,7-13H2,1-3H3,(H,20,25). The van der Waals surface area contributed by atoms with Gasteiger partial charge in [0.2, 0.25) is 5.91 Å². The fourth-order valence-corrected chi connectivity index (χ4v) is 3.56. The van der Waals surface area contributed by atoms with Gasteiger partial charge in [-0.15, -0.1) is 0 Å². The number of carbonyl (C=O) groups excluding carboxylic acids is 2. The molecule has 2 aliphatic heterocycles. The summed E-state index contributed by atoms with van der Waals surface area (Å²) in [6.45, 7) is 3.32. The smallest absolute Gasteiger partial charge is 0.318 e. The summed E-state index contributed by atoms with van der Waals surface area (Å²) < 4.78 is 5.40. The minimum atomic E-state index is -0.0222. The lowest BCUT2D eigenvalue weighted by Crippen LogP contribution is -2.49. The maximum atomic E-state index is 12.6. The molecule has 1 fully saturated rings. The Bertz CT molecular complexity index is 669. The van der Waals surface area contributed by atoms with Gasteiger partial charge in [-0.2, -0.15) is 0 Å². The van der Waals surface area contributed by atoms with Crippen LogP contribution in [0.25, 0.3) is 0 Å². The van der Waals surface area contributed by atoms with Crippen LogP contribution in [-0.2, 0) is 17.9 Å². The second-order valence-electron chi connectivity index (χ2n) is 7.24. The minimum Gasteiger partial charge on any atom is -0.496 e. The van der Waals surface area contributed by atoms with E-state index in [1.54, 1.807) is 26.1 Å². The predicted molar refractivity (Wildman–Crippen MR) is 98.9 cm³/mol. The summed E-state index contributed by atoms with van der Waals surface area (Å²) in [5, 5.41) is 3.15. The summed E-state index contributed by atoms with van der Waals surface area (Å²) in [5.41, 5.74) is 2.25. The van der Waals surface area contributed by atoms with Crippen molar-refractivity contribution in [2.75, 3.05) is 40.8 Å². The number of carbonyl (C=O) groups is 2. The zero-order chi connectivity index (χ0) is 18.7. The second-order valence-corrected chi connectivity index (χ2v) is 7.24. The molecule has 0 atom stereocenters. The maximum absolute atomic E-state index is 12.6. The molecular formula is C19H28N4O3. The van der Waals surface area contributed by atoms with Crippen LogP contribution in [0.5, 0.6) is 5.75 Å². The molecule has 1 aromatic carbocycles. The number of piperidine rings is 1. The first-order valence-electron chi connectivity index (χ1n) is 9.10. The van der Waals surface area contributed by atoms with E-state index >= 15 is 0 Å². The predicted octanol–water partition coefficient (Wildman–Crippen LogP) is 1.27. The van der Waals surface area contributed by atoms with E-state index < -0.39 is 0 Å². The van der Waals surface area contributed by atoms with Crippen molar-refractivity contribution in [1.29, 1.82) is 0 Å². The average Bonchev–Trinajstić information content (AvgIpc) is 3.07. The van der Waals surface area contributed by atoms with Crippen LogP contribution in [0.3, 0.4) is 0 Å². The molecule has 0 radical (unpaired) electrons. The number of likely N-dealkylation sites (tertiary alicyclic amines) is 1.